The first-order valence-electron chi connectivity index (χ1n) is 11.5. The Balaban J connectivity index is 1.95. The molecule has 0 aliphatic rings. The third-order valence-corrected chi connectivity index (χ3v) is 4.77. The Morgan fingerprint density at radius 1 is 0.829 bits per heavy atom. The number of amides is 1. The molecule has 0 spiro atoms. The quantitative estimate of drug-likeness (QED) is 0.324. The zero-order valence-electron chi connectivity index (χ0n) is 20.4. The van der Waals surface area contributed by atoms with Crippen molar-refractivity contribution in [2.45, 2.75) is 57.4 Å². The van der Waals surface area contributed by atoms with Crippen molar-refractivity contribution in [2.75, 3.05) is 13.2 Å². The molecule has 0 radical (unpaired) electrons. The summed E-state index contributed by atoms with van der Waals surface area (Å²) in [6, 6.07) is 16.7. The monoisotopic (exact) mass is 485 g/mol. The van der Waals surface area contributed by atoms with Gasteiger partial charge in [0.2, 0.25) is 0 Å². The van der Waals surface area contributed by atoms with Gasteiger partial charge in [-0.15, -0.1) is 0 Å². The number of nitrogens with two attached hydrogens (primary N) is 2. The summed E-state index contributed by atoms with van der Waals surface area (Å²) in [6.45, 7) is 4.73. The molecule has 0 heterocycles. The van der Waals surface area contributed by atoms with Gasteiger partial charge in [-0.1, -0.05) is 60.7 Å². The molecule has 0 saturated carbocycles. The van der Waals surface area contributed by atoms with E-state index in [0.29, 0.717) is 6.42 Å². The van der Waals surface area contributed by atoms with Crippen LogP contribution in [0.2, 0.25) is 0 Å². The van der Waals surface area contributed by atoms with Crippen LogP contribution in [-0.2, 0) is 36.6 Å². The van der Waals surface area contributed by atoms with E-state index < -0.39 is 41.8 Å². The number of nitrogens with one attached hydrogen (secondary N) is 1. The van der Waals surface area contributed by atoms with E-state index in [9.17, 15) is 14.4 Å². The van der Waals surface area contributed by atoms with Gasteiger partial charge in [0.25, 0.3) is 0 Å². The Morgan fingerprint density at radius 3 is 1.80 bits per heavy atom. The normalized spacial score (nSPS) is 13.7. The summed E-state index contributed by atoms with van der Waals surface area (Å²) in [6.07, 6.45) is -1.11. The van der Waals surface area contributed by atoms with Crippen LogP contribution < -0.4 is 16.8 Å². The molecule has 2 aromatic rings. The second kappa shape index (κ2) is 13.5. The number of hydrogen-bond acceptors (Lipinski definition) is 8. The highest BCUT2D eigenvalue weighted by molar-refractivity contribution is 5.77. The van der Waals surface area contributed by atoms with Gasteiger partial charge >= 0.3 is 18.0 Å². The molecule has 0 fully saturated rings. The first kappa shape index (κ1) is 27.8. The van der Waals surface area contributed by atoms with E-state index in [1.54, 1.807) is 20.8 Å². The van der Waals surface area contributed by atoms with E-state index in [1.165, 1.54) is 0 Å². The summed E-state index contributed by atoms with van der Waals surface area (Å²) in [7, 11) is 0. The third kappa shape index (κ3) is 11.0. The van der Waals surface area contributed by atoms with E-state index in [1.807, 2.05) is 60.7 Å². The first-order valence-corrected chi connectivity index (χ1v) is 11.5. The summed E-state index contributed by atoms with van der Waals surface area (Å²) in [5.74, 6) is -1.34. The standard InChI is InChI=1S/C26H35N3O6/c1-26(2,3)35-25(32)29-16-20(34-24(31)22(28)15-19-12-8-5-9-13-19)17-33-23(30)21(27)14-18-10-6-4-7-11-18/h4-13,20-22H,14-17,27-28H2,1-3H3,(H,29,32)/t20?,21-,22-/m1/s1. The van der Waals surface area contributed by atoms with Crippen LogP contribution in [0, 0.1) is 0 Å². The zero-order valence-corrected chi connectivity index (χ0v) is 20.4. The summed E-state index contributed by atoms with van der Waals surface area (Å²) >= 11 is 0. The van der Waals surface area contributed by atoms with Gasteiger partial charge in [-0.05, 0) is 44.7 Å². The molecule has 0 bridgehead atoms. The molecule has 2 aromatic carbocycles. The van der Waals surface area contributed by atoms with Crippen LogP contribution in [0.3, 0.4) is 0 Å². The fourth-order valence-electron chi connectivity index (χ4n) is 3.08. The predicted molar refractivity (Wildman–Crippen MR) is 131 cm³/mol. The van der Waals surface area contributed by atoms with Gasteiger partial charge in [0.15, 0.2) is 6.10 Å². The van der Waals surface area contributed by atoms with Crippen LogP contribution in [0.15, 0.2) is 60.7 Å². The number of carbonyl (C=O) groups excluding carboxylic acids is 3. The largest absolute Gasteiger partial charge is 0.461 e. The lowest BCUT2D eigenvalue weighted by atomic mass is 10.1. The molecule has 5 N–H and O–H groups in total. The molecule has 0 saturated heterocycles. The molecule has 9 nitrogen and oxygen atoms in total. The Kier molecular flexibility index (Phi) is 10.7. The SMILES string of the molecule is CC(C)(C)OC(=O)NCC(COC(=O)[C@H](N)Cc1ccccc1)OC(=O)[C@H](N)Cc1ccccc1. The van der Waals surface area contributed by atoms with E-state index in [0.717, 1.165) is 11.1 Å². The van der Waals surface area contributed by atoms with Crippen LogP contribution in [0.5, 0.6) is 0 Å². The smallest absolute Gasteiger partial charge is 0.407 e. The molecule has 9 heteroatoms. The molecular weight excluding hydrogens is 450 g/mol. The highest BCUT2D eigenvalue weighted by Crippen LogP contribution is 2.08. The number of ether oxygens (including phenoxy) is 3. The molecule has 1 amide bonds. The summed E-state index contributed by atoms with van der Waals surface area (Å²) in [5.41, 5.74) is 13.0. The van der Waals surface area contributed by atoms with E-state index in [-0.39, 0.29) is 19.6 Å². The van der Waals surface area contributed by atoms with E-state index in [2.05, 4.69) is 5.32 Å². The van der Waals surface area contributed by atoms with Crippen molar-refractivity contribution in [3.8, 4) is 0 Å². The van der Waals surface area contributed by atoms with Crippen LogP contribution >= 0.6 is 0 Å². The maximum absolute atomic E-state index is 12.6. The molecular formula is C26H35N3O6. The molecule has 190 valence electrons. The van der Waals surface area contributed by atoms with E-state index >= 15 is 0 Å². The Bertz CT molecular complexity index is 947. The highest BCUT2D eigenvalue weighted by atomic mass is 16.6. The minimum absolute atomic E-state index is 0.139. The van der Waals surface area contributed by atoms with Gasteiger partial charge in [-0.2, -0.15) is 0 Å². The molecule has 0 aromatic heterocycles. The minimum atomic E-state index is -0.982. The molecule has 0 aliphatic carbocycles. The second-order valence-corrected chi connectivity index (χ2v) is 9.16. The maximum Gasteiger partial charge on any atom is 0.407 e. The number of hydrogen-bond donors (Lipinski definition) is 3. The summed E-state index contributed by atoms with van der Waals surface area (Å²) < 4.78 is 16.0. The van der Waals surface area contributed by atoms with Gasteiger partial charge in [0.05, 0.1) is 6.54 Å². The van der Waals surface area contributed by atoms with Crippen molar-refractivity contribution in [2.24, 2.45) is 11.5 Å². The Hall–Kier alpha value is -3.43. The second-order valence-electron chi connectivity index (χ2n) is 9.16. The number of rotatable bonds is 11. The van der Waals surface area contributed by atoms with Crippen molar-refractivity contribution in [3.63, 3.8) is 0 Å². The fraction of sp³-hybridized carbons (Fsp3) is 0.423. The lowest BCUT2D eigenvalue weighted by Gasteiger charge is -2.23. The van der Waals surface area contributed by atoms with Crippen LogP contribution in [0.4, 0.5) is 4.79 Å². The Morgan fingerprint density at radius 2 is 1.31 bits per heavy atom. The molecule has 0 aliphatic heterocycles. The van der Waals surface area contributed by atoms with Crippen molar-refractivity contribution in [3.05, 3.63) is 71.8 Å². The number of benzene rings is 2. The van der Waals surface area contributed by atoms with Gasteiger partial charge in [0.1, 0.15) is 24.3 Å². The maximum atomic E-state index is 12.6. The Labute approximate surface area is 206 Å². The number of alkyl carbamates (subject to hydrolysis) is 1. The highest BCUT2D eigenvalue weighted by Gasteiger charge is 2.25. The van der Waals surface area contributed by atoms with Crippen molar-refractivity contribution < 1.29 is 28.6 Å². The minimum Gasteiger partial charge on any atom is -0.461 e. The molecule has 35 heavy (non-hydrogen) atoms. The average Bonchev–Trinajstić information content (AvgIpc) is 2.80. The van der Waals surface area contributed by atoms with Gasteiger partial charge in [-0.25, -0.2) is 4.79 Å². The van der Waals surface area contributed by atoms with Crippen LogP contribution in [-0.4, -0.2) is 55.0 Å². The van der Waals surface area contributed by atoms with Crippen molar-refractivity contribution >= 4 is 18.0 Å². The summed E-state index contributed by atoms with van der Waals surface area (Å²) in [5, 5.41) is 2.52. The third-order valence-electron chi connectivity index (χ3n) is 4.77. The summed E-state index contributed by atoms with van der Waals surface area (Å²) in [4.78, 5) is 37.1. The topological polar surface area (TPSA) is 143 Å². The first-order chi connectivity index (χ1) is 16.5. The van der Waals surface area contributed by atoms with Crippen LogP contribution in [0.25, 0.3) is 0 Å². The van der Waals surface area contributed by atoms with Crippen LogP contribution in [0.1, 0.15) is 31.9 Å². The number of esters is 2. The molecule has 2 rings (SSSR count). The predicted octanol–water partition coefficient (Wildman–Crippen LogP) is 2.11. The van der Waals surface area contributed by atoms with Crippen molar-refractivity contribution in [1.82, 2.24) is 5.32 Å². The lowest BCUT2D eigenvalue weighted by Crippen LogP contribution is -2.44. The van der Waals surface area contributed by atoms with Gasteiger partial charge in [0, 0.05) is 0 Å². The fourth-order valence-corrected chi connectivity index (χ4v) is 3.08. The molecule has 3 atom stereocenters. The number of carbonyl (C=O) groups is 3. The van der Waals surface area contributed by atoms with Crippen molar-refractivity contribution in [1.29, 1.82) is 0 Å². The average molecular weight is 486 g/mol. The van der Waals surface area contributed by atoms with E-state index in [4.69, 9.17) is 25.7 Å². The zero-order chi connectivity index (χ0) is 25.8. The van der Waals surface area contributed by atoms with Gasteiger partial charge in [-0.3, -0.25) is 9.59 Å². The molecule has 1 unspecified atom stereocenters. The lowest BCUT2D eigenvalue weighted by molar-refractivity contribution is -0.160. The van der Waals surface area contributed by atoms with Gasteiger partial charge < -0.3 is 31.0 Å².